The maximum atomic E-state index is 6.22. The van der Waals surface area contributed by atoms with Gasteiger partial charge in [0.2, 0.25) is 0 Å². The van der Waals surface area contributed by atoms with Crippen LogP contribution in [0.5, 0.6) is 0 Å². The summed E-state index contributed by atoms with van der Waals surface area (Å²) < 4.78 is 6.22. The largest absolute Gasteiger partial charge is 0.370 e. The topological polar surface area (TPSA) is 9.23 Å². The maximum absolute atomic E-state index is 6.22. The van der Waals surface area contributed by atoms with E-state index in [4.69, 9.17) is 4.74 Å². The zero-order valence-electron chi connectivity index (χ0n) is 11.7. The molecule has 1 fully saturated rings. The van der Waals surface area contributed by atoms with Gasteiger partial charge in [-0.25, -0.2) is 0 Å². The Morgan fingerprint density at radius 2 is 2.00 bits per heavy atom. The van der Waals surface area contributed by atoms with Crippen LogP contribution in [0.1, 0.15) is 46.5 Å². The van der Waals surface area contributed by atoms with Gasteiger partial charge in [-0.05, 0) is 37.0 Å². The molecule has 0 aliphatic heterocycles. The molecule has 1 heteroatoms. The van der Waals surface area contributed by atoms with E-state index in [9.17, 15) is 0 Å². The molecule has 1 nitrogen and oxygen atoms in total. The molecular formula is C16H28O. The lowest BCUT2D eigenvalue weighted by Gasteiger charge is -2.47. The molecule has 3 atom stereocenters. The third-order valence-electron chi connectivity index (χ3n) is 4.12. The Morgan fingerprint density at radius 3 is 2.53 bits per heavy atom. The van der Waals surface area contributed by atoms with Crippen molar-refractivity contribution in [2.45, 2.75) is 52.1 Å². The maximum Gasteiger partial charge on any atom is 0.0753 e. The molecule has 0 aromatic heterocycles. The minimum atomic E-state index is 0.00176. The highest BCUT2D eigenvalue weighted by Gasteiger charge is 2.44. The van der Waals surface area contributed by atoms with Crippen LogP contribution in [-0.4, -0.2) is 12.2 Å². The highest BCUT2D eigenvalue weighted by Crippen LogP contribution is 2.45. The van der Waals surface area contributed by atoms with Gasteiger partial charge in [0, 0.05) is 0 Å². The smallest absolute Gasteiger partial charge is 0.0753 e. The van der Waals surface area contributed by atoms with E-state index in [0.717, 1.165) is 18.8 Å². The molecule has 0 N–H and O–H groups in total. The second-order valence-electron chi connectivity index (χ2n) is 5.89. The van der Waals surface area contributed by atoms with E-state index in [2.05, 4.69) is 33.9 Å². The van der Waals surface area contributed by atoms with Gasteiger partial charge in [0.15, 0.2) is 0 Å². The lowest BCUT2D eigenvalue weighted by Crippen LogP contribution is -2.47. The third-order valence-corrected chi connectivity index (χ3v) is 4.12. The highest BCUT2D eigenvalue weighted by molar-refractivity contribution is 4.99. The average molecular weight is 236 g/mol. The first-order valence-corrected chi connectivity index (χ1v) is 6.91. The van der Waals surface area contributed by atoms with Crippen molar-refractivity contribution in [1.82, 2.24) is 0 Å². The second kappa shape index (κ2) is 6.39. The predicted octanol–water partition coefficient (Wildman–Crippen LogP) is 4.60. The number of hydrogen-bond acceptors (Lipinski definition) is 1. The SMILES string of the molecule is C=CCO[C@@]1(CC=C)C[C@H](C)CC[C@H]1C(C)C. The molecule has 0 bridgehead atoms. The van der Waals surface area contributed by atoms with Crippen LogP contribution >= 0.6 is 0 Å². The van der Waals surface area contributed by atoms with E-state index < -0.39 is 0 Å². The average Bonchev–Trinajstić information content (AvgIpc) is 2.26. The molecule has 17 heavy (non-hydrogen) atoms. The van der Waals surface area contributed by atoms with Gasteiger partial charge in [-0.2, -0.15) is 0 Å². The minimum Gasteiger partial charge on any atom is -0.370 e. The van der Waals surface area contributed by atoms with Crippen molar-refractivity contribution in [3.63, 3.8) is 0 Å². The third kappa shape index (κ3) is 3.45. The van der Waals surface area contributed by atoms with Gasteiger partial charge < -0.3 is 4.74 Å². The Balaban J connectivity index is 2.91. The molecule has 0 radical (unpaired) electrons. The van der Waals surface area contributed by atoms with Crippen molar-refractivity contribution in [3.8, 4) is 0 Å². The van der Waals surface area contributed by atoms with E-state index in [1.54, 1.807) is 0 Å². The van der Waals surface area contributed by atoms with Crippen LogP contribution < -0.4 is 0 Å². The summed E-state index contributed by atoms with van der Waals surface area (Å²) in [5, 5.41) is 0. The van der Waals surface area contributed by atoms with Crippen molar-refractivity contribution in [2.75, 3.05) is 6.61 Å². The Hall–Kier alpha value is -0.560. The standard InChI is InChI=1S/C16H28O/c1-6-10-16(17-11-7-2)12-14(5)8-9-15(16)13(3)4/h6-7,13-15H,1-2,8-12H2,3-5H3/t14-,15+,16+/m1/s1. The molecule has 0 spiro atoms. The normalized spacial score (nSPS) is 33.6. The first-order valence-electron chi connectivity index (χ1n) is 6.91. The first kappa shape index (κ1) is 14.5. The summed E-state index contributed by atoms with van der Waals surface area (Å²) in [6.45, 7) is 15.3. The van der Waals surface area contributed by atoms with E-state index in [-0.39, 0.29) is 5.60 Å². The molecule has 0 unspecified atom stereocenters. The number of ether oxygens (including phenoxy) is 1. The van der Waals surface area contributed by atoms with Gasteiger partial charge in [0.05, 0.1) is 12.2 Å². The number of hydrogen-bond donors (Lipinski definition) is 0. The number of rotatable bonds is 6. The van der Waals surface area contributed by atoms with Crippen molar-refractivity contribution in [1.29, 1.82) is 0 Å². The van der Waals surface area contributed by atoms with Crippen LogP contribution in [0.3, 0.4) is 0 Å². The van der Waals surface area contributed by atoms with Gasteiger partial charge in [0.1, 0.15) is 0 Å². The Labute approximate surface area is 107 Å². The van der Waals surface area contributed by atoms with Crippen LogP contribution in [0.25, 0.3) is 0 Å². The van der Waals surface area contributed by atoms with Crippen molar-refractivity contribution >= 4 is 0 Å². The van der Waals surface area contributed by atoms with Crippen LogP contribution in [0, 0.1) is 17.8 Å². The highest BCUT2D eigenvalue weighted by atomic mass is 16.5. The van der Waals surface area contributed by atoms with Crippen LogP contribution in [-0.2, 0) is 4.74 Å². The van der Waals surface area contributed by atoms with Crippen LogP contribution in [0.2, 0.25) is 0 Å². The van der Waals surface area contributed by atoms with Crippen LogP contribution in [0.4, 0.5) is 0 Å². The molecule has 0 saturated heterocycles. The quantitative estimate of drug-likeness (QED) is 0.613. The Morgan fingerprint density at radius 1 is 1.29 bits per heavy atom. The summed E-state index contributed by atoms with van der Waals surface area (Å²) in [6, 6.07) is 0. The summed E-state index contributed by atoms with van der Waals surface area (Å²) in [7, 11) is 0. The molecule has 1 saturated carbocycles. The molecule has 0 aromatic carbocycles. The zero-order chi connectivity index (χ0) is 12.9. The summed E-state index contributed by atoms with van der Waals surface area (Å²) in [6.07, 6.45) is 8.63. The van der Waals surface area contributed by atoms with Gasteiger partial charge in [0.25, 0.3) is 0 Å². The summed E-state index contributed by atoms with van der Waals surface area (Å²) >= 11 is 0. The second-order valence-corrected chi connectivity index (χ2v) is 5.89. The van der Waals surface area contributed by atoms with Crippen LogP contribution in [0.15, 0.2) is 25.3 Å². The molecule has 0 amide bonds. The molecular weight excluding hydrogens is 208 g/mol. The molecule has 1 aliphatic rings. The van der Waals surface area contributed by atoms with Gasteiger partial charge in [-0.1, -0.05) is 39.3 Å². The lowest BCUT2D eigenvalue weighted by molar-refractivity contribution is -0.120. The summed E-state index contributed by atoms with van der Waals surface area (Å²) in [5.74, 6) is 2.08. The molecule has 98 valence electrons. The van der Waals surface area contributed by atoms with E-state index in [1.165, 1.54) is 12.8 Å². The first-order chi connectivity index (χ1) is 8.05. The molecule has 1 aliphatic carbocycles. The molecule has 1 rings (SSSR count). The van der Waals surface area contributed by atoms with Gasteiger partial charge in [-0.3, -0.25) is 0 Å². The van der Waals surface area contributed by atoms with Crippen molar-refractivity contribution < 1.29 is 4.74 Å². The van der Waals surface area contributed by atoms with E-state index >= 15 is 0 Å². The molecule has 0 aromatic rings. The minimum absolute atomic E-state index is 0.00176. The predicted molar refractivity (Wildman–Crippen MR) is 75.0 cm³/mol. The monoisotopic (exact) mass is 236 g/mol. The molecule has 0 heterocycles. The van der Waals surface area contributed by atoms with E-state index in [0.29, 0.717) is 18.4 Å². The Kier molecular flexibility index (Phi) is 5.45. The summed E-state index contributed by atoms with van der Waals surface area (Å²) in [5.41, 5.74) is 0.00176. The Bertz CT molecular complexity index is 256. The van der Waals surface area contributed by atoms with E-state index in [1.807, 2.05) is 12.2 Å². The van der Waals surface area contributed by atoms with Crippen molar-refractivity contribution in [2.24, 2.45) is 17.8 Å². The summed E-state index contributed by atoms with van der Waals surface area (Å²) in [4.78, 5) is 0. The fourth-order valence-corrected chi connectivity index (χ4v) is 3.44. The van der Waals surface area contributed by atoms with Gasteiger partial charge in [-0.15, -0.1) is 13.2 Å². The fraction of sp³-hybridized carbons (Fsp3) is 0.750. The van der Waals surface area contributed by atoms with Crippen molar-refractivity contribution in [3.05, 3.63) is 25.3 Å². The fourth-order valence-electron chi connectivity index (χ4n) is 3.44. The lowest BCUT2D eigenvalue weighted by atomic mass is 9.65. The zero-order valence-corrected chi connectivity index (χ0v) is 11.7. The van der Waals surface area contributed by atoms with Gasteiger partial charge >= 0.3 is 0 Å².